The molecule has 3 aliphatic heterocycles. The van der Waals surface area contributed by atoms with Gasteiger partial charge < -0.3 is 39.0 Å². The number of carbonyl (C=O) groups excluding carboxylic acids is 1. The summed E-state index contributed by atoms with van der Waals surface area (Å²) in [6.07, 6.45) is 3.08. The van der Waals surface area contributed by atoms with Gasteiger partial charge in [0.2, 0.25) is 0 Å². The number of fused-ring (bicyclic) bond motifs is 7. The Morgan fingerprint density at radius 1 is 0.909 bits per heavy atom. The number of carbonyl (C=O) groups is 1. The molecule has 3 heterocycles. The van der Waals surface area contributed by atoms with Gasteiger partial charge in [-0.15, -0.1) is 0 Å². The van der Waals surface area contributed by atoms with Crippen LogP contribution in [0.25, 0.3) is 0 Å². The molecule has 0 amide bonds. The predicted octanol–water partition coefficient (Wildman–Crippen LogP) is 4.19. The largest absolute Gasteiger partial charge is 0.457 e. The second-order valence-corrected chi connectivity index (χ2v) is 16.5. The highest BCUT2D eigenvalue weighted by Gasteiger charge is 2.70. The van der Waals surface area contributed by atoms with Crippen LogP contribution in [0.15, 0.2) is 0 Å². The molecule has 4 saturated carbocycles. The molecule has 0 aromatic heterocycles. The zero-order chi connectivity index (χ0) is 31.3. The van der Waals surface area contributed by atoms with E-state index in [4.69, 9.17) is 23.7 Å². The fraction of sp³-hybridized carbons (Fsp3) is 0.971. The van der Waals surface area contributed by atoms with Crippen LogP contribution in [0.5, 0.6) is 0 Å². The van der Waals surface area contributed by atoms with E-state index in [1.165, 1.54) is 19.8 Å². The number of esters is 1. The molecule has 1 spiro atoms. The highest BCUT2D eigenvalue weighted by molar-refractivity contribution is 5.66. The first-order valence-corrected chi connectivity index (χ1v) is 17.6. The van der Waals surface area contributed by atoms with Crippen LogP contribution in [-0.4, -0.2) is 82.7 Å². The van der Waals surface area contributed by atoms with E-state index in [0.717, 1.165) is 45.1 Å². The summed E-state index contributed by atoms with van der Waals surface area (Å²) in [5.74, 6) is 2.41. The maximum Gasteiger partial charge on any atom is 0.303 e. The van der Waals surface area contributed by atoms with E-state index >= 15 is 0 Å². The van der Waals surface area contributed by atoms with Crippen LogP contribution in [0, 0.1) is 52.3 Å². The predicted molar refractivity (Wildman–Crippen MR) is 160 cm³/mol. The molecule has 0 bridgehead atoms. The van der Waals surface area contributed by atoms with Crippen LogP contribution in [0.4, 0.5) is 0 Å². The van der Waals surface area contributed by atoms with E-state index in [1.54, 1.807) is 6.92 Å². The summed E-state index contributed by atoms with van der Waals surface area (Å²) in [5.41, 5.74) is 0.0182. The standard InChI is InChI=1S/C35H56O9/c1-17-9-12-35(40-16-17)18(2)28-26(44-35)15-25-23-8-7-21-13-22(37)14-27(34(21,6)24(23)10-11-33(25,28)5)43-32-30(39)29(38)31(19(3)41-32)42-20(4)36/h17-19,21-32,37-39H,7-16H2,1-6H3/t17?,18-,19-,21?,22?,23+,24-,25-,26-,27?,28-,29-,30-,31+,32+,33-,34-,35+/m0/s1. The van der Waals surface area contributed by atoms with Crippen LogP contribution >= 0.6 is 0 Å². The molecule has 3 N–H and O–H groups in total. The SMILES string of the molecule is CC(=O)O[C@H]1[C@@H](O)[C@H](O)[C@@H](OC2CC(O)CC3CC[C@@H]4[C@H](CC[C@]5(C)[C@@H]6[C@H](C[C@@H]45)O[C@]4(CCC(C)CO4)[C@H]6C)[C@]32C)O[C@H]1C. The van der Waals surface area contributed by atoms with Crippen molar-refractivity contribution in [1.82, 2.24) is 0 Å². The second kappa shape index (κ2) is 11.1. The van der Waals surface area contributed by atoms with Gasteiger partial charge in [0.05, 0.1) is 31.0 Å². The van der Waals surface area contributed by atoms with Gasteiger partial charge in [-0.2, -0.15) is 0 Å². The van der Waals surface area contributed by atoms with Crippen molar-refractivity contribution in [2.24, 2.45) is 52.3 Å². The Kier molecular flexibility index (Phi) is 8.04. The van der Waals surface area contributed by atoms with Gasteiger partial charge in [-0.25, -0.2) is 0 Å². The van der Waals surface area contributed by atoms with Crippen molar-refractivity contribution in [3.8, 4) is 0 Å². The summed E-state index contributed by atoms with van der Waals surface area (Å²) in [4.78, 5) is 11.6. The molecule has 44 heavy (non-hydrogen) atoms. The van der Waals surface area contributed by atoms with Crippen molar-refractivity contribution < 1.29 is 43.8 Å². The molecule has 9 heteroatoms. The Hall–Kier alpha value is -0.810. The fourth-order valence-electron chi connectivity index (χ4n) is 12.1. The quantitative estimate of drug-likeness (QED) is 0.399. The molecule has 18 atom stereocenters. The lowest BCUT2D eigenvalue weighted by molar-refractivity contribution is -0.329. The molecule has 9 nitrogen and oxygen atoms in total. The van der Waals surface area contributed by atoms with Gasteiger partial charge in [-0.3, -0.25) is 4.79 Å². The Morgan fingerprint density at radius 2 is 1.68 bits per heavy atom. The number of rotatable bonds is 3. The van der Waals surface area contributed by atoms with Gasteiger partial charge in [0.15, 0.2) is 18.2 Å². The van der Waals surface area contributed by atoms with Gasteiger partial charge in [0, 0.05) is 25.7 Å². The van der Waals surface area contributed by atoms with Crippen molar-refractivity contribution in [2.75, 3.05) is 6.61 Å². The minimum absolute atomic E-state index is 0.193. The number of ether oxygens (including phenoxy) is 5. The van der Waals surface area contributed by atoms with Crippen molar-refractivity contribution in [2.45, 2.75) is 154 Å². The van der Waals surface area contributed by atoms with Crippen LogP contribution in [0.1, 0.15) is 99.3 Å². The first-order chi connectivity index (χ1) is 20.8. The smallest absolute Gasteiger partial charge is 0.303 e. The topological polar surface area (TPSA) is 124 Å². The van der Waals surface area contributed by atoms with E-state index in [2.05, 4.69) is 27.7 Å². The molecular formula is C35H56O9. The zero-order valence-electron chi connectivity index (χ0n) is 27.5. The summed E-state index contributed by atoms with van der Waals surface area (Å²) < 4.78 is 31.5. The van der Waals surface area contributed by atoms with Crippen LogP contribution in [0.3, 0.4) is 0 Å². The Bertz CT molecular complexity index is 1090. The molecule has 0 radical (unpaired) electrons. The zero-order valence-corrected chi connectivity index (χ0v) is 27.5. The van der Waals surface area contributed by atoms with Crippen molar-refractivity contribution in [1.29, 1.82) is 0 Å². The Morgan fingerprint density at radius 3 is 2.39 bits per heavy atom. The lowest BCUT2D eigenvalue weighted by Crippen LogP contribution is -2.63. The molecule has 250 valence electrons. The summed E-state index contributed by atoms with van der Waals surface area (Å²) in [7, 11) is 0. The molecule has 7 rings (SSSR count). The van der Waals surface area contributed by atoms with Crippen LogP contribution in [-0.2, 0) is 28.5 Å². The van der Waals surface area contributed by atoms with Gasteiger partial charge in [-0.05, 0) is 98.2 Å². The number of hydrogen-bond donors (Lipinski definition) is 3. The van der Waals surface area contributed by atoms with Crippen LogP contribution in [0.2, 0.25) is 0 Å². The van der Waals surface area contributed by atoms with E-state index in [1.807, 2.05) is 0 Å². The third-order valence-electron chi connectivity index (χ3n) is 14.3. The van der Waals surface area contributed by atoms with E-state index in [9.17, 15) is 20.1 Å². The minimum Gasteiger partial charge on any atom is -0.457 e. The first kappa shape index (κ1) is 31.8. The average molecular weight is 621 g/mol. The lowest BCUT2D eigenvalue weighted by Gasteiger charge is -2.63. The monoisotopic (exact) mass is 620 g/mol. The summed E-state index contributed by atoms with van der Waals surface area (Å²) in [6.45, 7) is 13.4. The molecule has 7 fully saturated rings. The molecular weight excluding hydrogens is 564 g/mol. The number of aliphatic hydroxyl groups excluding tert-OH is 3. The molecule has 4 unspecified atom stereocenters. The lowest BCUT2D eigenvalue weighted by atomic mass is 9.43. The highest BCUT2D eigenvalue weighted by Crippen LogP contribution is 2.71. The second-order valence-electron chi connectivity index (χ2n) is 16.5. The van der Waals surface area contributed by atoms with E-state index in [-0.39, 0.29) is 23.0 Å². The summed E-state index contributed by atoms with van der Waals surface area (Å²) in [5, 5.41) is 33.0. The third-order valence-corrected chi connectivity index (χ3v) is 14.3. The van der Waals surface area contributed by atoms with Gasteiger partial charge in [-0.1, -0.05) is 27.7 Å². The summed E-state index contributed by atoms with van der Waals surface area (Å²) >= 11 is 0. The van der Waals surface area contributed by atoms with Gasteiger partial charge in [0.1, 0.15) is 12.2 Å². The average Bonchev–Trinajstić information content (AvgIpc) is 3.41. The minimum atomic E-state index is -1.36. The molecule has 3 saturated heterocycles. The van der Waals surface area contributed by atoms with Gasteiger partial charge in [0.25, 0.3) is 0 Å². The van der Waals surface area contributed by atoms with E-state index in [0.29, 0.717) is 47.8 Å². The maximum atomic E-state index is 11.6. The molecule has 7 aliphatic rings. The maximum absolute atomic E-state index is 11.6. The number of hydrogen-bond acceptors (Lipinski definition) is 9. The first-order valence-electron chi connectivity index (χ1n) is 17.6. The third kappa shape index (κ3) is 4.68. The Balaban J connectivity index is 1.12. The molecule has 0 aromatic carbocycles. The Labute approximate surface area is 262 Å². The van der Waals surface area contributed by atoms with Crippen LogP contribution < -0.4 is 0 Å². The molecule has 4 aliphatic carbocycles. The van der Waals surface area contributed by atoms with Crippen molar-refractivity contribution >= 4 is 5.97 Å². The molecule has 0 aromatic rings. The highest BCUT2D eigenvalue weighted by atomic mass is 16.7. The summed E-state index contributed by atoms with van der Waals surface area (Å²) in [6, 6.07) is 0. The van der Waals surface area contributed by atoms with Gasteiger partial charge >= 0.3 is 5.97 Å². The van der Waals surface area contributed by atoms with E-state index < -0.39 is 48.6 Å². The van der Waals surface area contributed by atoms with Crippen molar-refractivity contribution in [3.63, 3.8) is 0 Å². The number of aliphatic hydroxyl groups is 3. The van der Waals surface area contributed by atoms with Crippen molar-refractivity contribution in [3.05, 3.63) is 0 Å². The fourth-order valence-corrected chi connectivity index (χ4v) is 12.1. The normalized spacial score (nSPS) is 58.5.